The molecule has 12 N–H and O–H groups in total. The van der Waals surface area contributed by atoms with Crippen LogP contribution in [0.15, 0.2) is 0 Å². The molecule has 4 aliphatic rings. The van der Waals surface area contributed by atoms with E-state index < -0.39 is 148 Å². The number of amides is 2. The number of hydrogen-bond donors (Lipinski definition) is 12. The molecule has 0 aromatic heterocycles. The maximum absolute atomic E-state index is 12.4. The van der Waals surface area contributed by atoms with Crippen LogP contribution in [0.2, 0.25) is 0 Å². The number of rotatable bonds is 10. The first-order chi connectivity index (χ1) is 23.0. The lowest BCUT2D eigenvalue weighted by molar-refractivity contribution is -0.372. The van der Waals surface area contributed by atoms with Gasteiger partial charge in [0.25, 0.3) is 0 Å². The standard InChI is InChI=1S/C28H48N2O19/c1-7-15(35)18(38)20(40)27(43-7)48-23-14(30-10(4)34)26(46-11(5-31)17(23)37)47-22-12(6-32)45-25(42)13(29-9(3)33)24(22)49-28-21(41)19(39)16(36)8(2)44-28/h7-8,11-28,31-32,35-42H,5-6H2,1-4H3,(H,29,33)(H,30,34)/t7-,8-,11+,12+,13+,14+,15+,16+,17-,18+,19+,20-,21-,22+,23+,24+,25?,26-,27-,28-/m0/s1. The van der Waals surface area contributed by atoms with Crippen molar-refractivity contribution in [1.82, 2.24) is 10.6 Å². The van der Waals surface area contributed by atoms with E-state index in [1.54, 1.807) is 0 Å². The highest BCUT2D eigenvalue weighted by molar-refractivity contribution is 5.73. The van der Waals surface area contributed by atoms with Crippen molar-refractivity contribution >= 4 is 11.8 Å². The second-order valence-electron chi connectivity index (χ2n) is 12.6. The van der Waals surface area contributed by atoms with E-state index in [9.17, 15) is 60.7 Å². The second kappa shape index (κ2) is 16.7. The van der Waals surface area contributed by atoms with Crippen molar-refractivity contribution in [2.75, 3.05) is 13.2 Å². The smallest absolute Gasteiger partial charge is 0.217 e. The summed E-state index contributed by atoms with van der Waals surface area (Å²) >= 11 is 0. The minimum atomic E-state index is -1.86. The number of hydrogen-bond acceptors (Lipinski definition) is 19. The van der Waals surface area contributed by atoms with Crippen LogP contribution in [-0.4, -0.2) is 199 Å². The van der Waals surface area contributed by atoms with E-state index in [0.717, 1.165) is 13.8 Å². The first-order valence-electron chi connectivity index (χ1n) is 15.8. The van der Waals surface area contributed by atoms with Crippen LogP contribution in [0.4, 0.5) is 0 Å². The Bertz CT molecular complexity index is 1110. The summed E-state index contributed by atoms with van der Waals surface area (Å²) in [5.41, 5.74) is 0. The van der Waals surface area contributed by atoms with Crippen molar-refractivity contribution in [3.8, 4) is 0 Å². The van der Waals surface area contributed by atoms with Gasteiger partial charge in [0, 0.05) is 13.8 Å². The van der Waals surface area contributed by atoms with Crippen LogP contribution >= 0.6 is 0 Å². The summed E-state index contributed by atoms with van der Waals surface area (Å²) in [6.07, 6.45) is -28.9. The van der Waals surface area contributed by atoms with Gasteiger partial charge in [0.15, 0.2) is 25.2 Å². The third-order valence-electron chi connectivity index (χ3n) is 8.93. The Balaban J connectivity index is 1.71. The van der Waals surface area contributed by atoms with Crippen molar-refractivity contribution in [3.63, 3.8) is 0 Å². The fraction of sp³-hybridized carbons (Fsp3) is 0.929. The number of aliphatic hydroxyl groups is 10. The Labute approximate surface area is 280 Å². The Morgan fingerprint density at radius 3 is 1.45 bits per heavy atom. The summed E-state index contributed by atoms with van der Waals surface area (Å²) in [6, 6.07) is -3.03. The molecular formula is C28H48N2O19. The number of aliphatic hydroxyl groups excluding tert-OH is 10. The number of carbonyl (C=O) groups is 2. The third-order valence-corrected chi connectivity index (χ3v) is 8.93. The van der Waals surface area contributed by atoms with Crippen LogP contribution in [0.1, 0.15) is 27.7 Å². The molecule has 0 aromatic carbocycles. The van der Waals surface area contributed by atoms with Gasteiger partial charge in [-0.1, -0.05) is 0 Å². The molecule has 0 bridgehead atoms. The molecule has 0 radical (unpaired) electrons. The summed E-state index contributed by atoms with van der Waals surface area (Å²) in [6.45, 7) is 3.27. The van der Waals surface area contributed by atoms with E-state index in [2.05, 4.69) is 10.6 Å². The predicted octanol–water partition coefficient (Wildman–Crippen LogP) is -7.41. The van der Waals surface area contributed by atoms with Gasteiger partial charge in [-0.15, -0.1) is 0 Å². The van der Waals surface area contributed by atoms with Crippen molar-refractivity contribution in [1.29, 1.82) is 0 Å². The fourth-order valence-corrected chi connectivity index (χ4v) is 6.23. The number of carbonyl (C=O) groups excluding carboxylic acids is 2. The zero-order valence-electron chi connectivity index (χ0n) is 27.1. The molecule has 49 heavy (non-hydrogen) atoms. The third kappa shape index (κ3) is 8.67. The van der Waals surface area contributed by atoms with Crippen LogP contribution in [0, 0.1) is 0 Å². The summed E-state index contributed by atoms with van der Waals surface area (Å²) in [4.78, 5) is 24.6. The van der Waals surface area contributed by atoms with Gasteiger partial charge < -0.3 is 94.9 Å². The van der Waals surface area contributed by atoms with Crippen molar-refractivity contribution in [2.45, 2.75) is 150 Å². The first kappa shape index (κ1) is 40.0. The molecular weight excluding hydrogens is 668 g/mol. The maximum atomic E-state index is 12.4. The van der Waals surface area contributed by atoms with Gasteiger partial charge >= 0.3 is 0 Å². The second-order valence-corrected chi connectivity index (χ2v) is 12.6. The van der Waals surface area contributed by atoms with E-state index >= 15 is 0 Å². The fourth-order valence-electron chi connectivity index (χ4n) is 6.23. The van der Waals surface area contributed by atoms with E-state index in [4.69, 9.17) is 33.2 Å². The normalized spacial score (nSPS) is 49.3. The van der Waals surface area contributed by atoms with E-state index in [0.29, 0.717) is 0 Å². The quantitative estimate of drug-likeness (QED) is 0.0999. The van der Waals surface area contributed by atoms with Crippen LogP contribution in [0.3, 0.4) is 0 Å². The minimum absolute atomic E-state index is 0.689. The molecule has 1 unspecified atom stereocenters. The lowest BCUT2D eigenvalue weighted by atomic mass is 9.93. The molecule has 21 heteroatoms. The average molecular weight is 717 g/mol. The predicted molar refractivity (Wildman–Crippen MR) is 154 cm³/mol. The van der Waals surface area contributed by atoms with Crippen LogP contribution in [0.25, 0.3) is 0 Å². The van der Waals surface area contributed by atoms with E-state index in [-0.39, 0.29) is 0 Å². The van der Waals surface area contributed by atoms with Gasteiger partial charge in [0.2, 0.25) is 11.8 Å². The molecule has 2 amide bonds. The molecule has 0 aromatic rings. The van der Waals surface area contributed by atoms with Crippen LogP contribution < -0.4 is 10.6 Å². The molecule has 0 spiro atoms. The van der Waals surface area contributed by atoms with Gasteiger partial charge in [-0.3, -0.25) is 9.59 Å². The monoisotopic (exact) mass is 716 g/mol. The lowest BCUT2D eigenvalue weighted by Crippen LogP contribution is -2.71. The number of ether oxygens (including phenoxy) is 7. The van der Waals surface area contributed by atoms with Gasteiger partial charge in [-0.25, -0.2) is 0 Å². The maximum Gasteiger partial charge on any atom is 0.217 e. The van der Waals surface area contributed by atoms with Gasteiger partial charge in [0.1, 0.15) is 85.3 Å². The van der Waals surface area contributed by atoms with E-state index in [1.807, 2.05) is 0 Å². The summed E-state index contributed by atoms with van der Waals surface area (Å²) < 4.78 is 40.4. The number of nitrogens with one attached hydrogen (secondary N) is 2. The molecule has 0 saturated carbocycles. The molecule has 4 fully saturated rings. The Morgan fingerprint density at radius 2 is 0.980 bits per heavy atom. The molecule has 4 rings (SSSR count). The van der Waals surface area contributed by atoms with E-state index in [1.165, 1.54) is 13.8 Å². The van der Waals surface area contributed by atoms with Gasteiger partial charge in [-0.05, 0) is 13.8 Å². The summed E-state index contributed by atoms with van der Waals surface area (Å²) in [7, 11) is 0. The zero-order valence-corrected chi connectivity index (χ0v) is 27.1. The van der Waals surface area contributed by atoms with Crippen molar-refractivity contribution < 1.29 is 93.8 Å². The van der Waals surface area contributed by atoms with Gasteiger partial charge in [-0.2, -0.15) is 0 Å². The molecule has 21 nitrogen and oxygen atoms in total. The Morgan fingerprint density at radius 1 is 0.531 bits per heavy atom. The molecule has 4 saturated heterocycles. The largest absolute Gasteiger partial charge is 0.394 e. The zero-order chi connectivity index (χ0) is 36.5. The minimum Gasteiger partial charge on any atom is -0.394 e. The van der Waals surface area contributed by atoms with Gasteiger partial charge in [0.05, 0.1) is 25.4 Å². The molecule has 4 aliphatic heterocycles. The summed E-state index contributed by atoms with van der Waals surface area (Å²) in [5, 5.41) is 109. The molecule has 20 atom stereocenters. The highest BCUT2D eigenvalue weighted by atomic mass is 16.8. The lowest BCUT2D eigenvalue weighted by Gasteiger charge is -2.51. The average Bonchev–Trinajstić information content (AvgIpc) is 3.04. The molecule has 284 valence electrons. The highest BCUT2D eigenvalue weighted by Gasteiger charge is 2.56. The van der Waals surface area contributed by atoms with Crippen LogP contribution in [-0.2, 0) is 42.7 Å². The Hall–Kier alpha value is -1.74. The first-order valence-corrected chi connectivity index (χ1v) is 15.8. The topological polar surface area (TPSA) is 325 Å². The Kier molecular flexibility index (Phi) is 13.7. The highest BCUT2D eigenvalue weighted by Crippen LogP contribution is 2.35. The van der Waals surface area contributed by atoms with Crippen molar-refractivity contribution in [2.24, 2.45) is 0 Å². The summed E-state index contributed by atoms with van der Waals surface area (Å²) in [5.74, 6) is -1.40. The SMILES string of the molecule is CC(=O)N[C@H]1[C@H](O[C@H]2[C@H](O[C@@H]3O[C@@H](C)[C@@H](O)[C@@H](O)[C@@H]3O)[C@@H](NC(C)=O)C(O)O[C@@H]2CO)O[C@H](CO)[C@H](O)[C@@H]1O[C@@H]1O[C@@H](C)[C@@H](O)[C@@H](O)[C@@H]1O. The molecule has 0 aliphatic carbocycles. The molecule has 4 heterocycles. The van der Waals surface area contributed by atoms with Crippen LogP contribution in [0.5, 0.6) is 0 Å². The van der Waals surface area contributed by atoms with Crippen molar-refractivity contribution in [3.05, 3.63) is 0 Å².